The maximum absolute atomic E-state index is 5.25. The second-order valence-electron chi connectivity index (χ2n) is 14.6. The number of amidine groups is 2. The van der Waals surface area contributed by atoms with E-state index in [2.05, 4.69) is 139 Å². The molecular formula is C54H38N6. The van der Waals surface area contributed by atoms with E-state index in [-0.39, 0.29) is 6.17 Å². The maximum Gasteiger partial charge on any atom is 0.164 e. The van der Waals surface area contributed by atoms with E-state index >= 15 is 0 Å². The first kappa shape index (κ1) is 36.3. The molecule has 9 aromatic rings. The number of nitrogens with one attached hydrogen (secondary N) is 1. The summed E-state index contributed by atoms with van der Waals surface area (Å²) in [5, 5.41) is 3.57. The Balaban J connectivity index is 1.13. The van der Waals surface area contributed by atoms with Gasteiger partial charge >= 0.3 is 0 Å². The lowest BCUT2D eigenvalue weighted by Gasteiger charge is -2.23. The van der Waals surface area contributed by atoms with Gasteiger partial charge in [0.05, 0.1) is 0 Å². The largest absolute Gasteiger partial charge is 0.344 e. The summed E-state index contributed by atoms with van der Waals surface area (Å²) in [4.78, 5) is 25.8. The highest BCUT2D eigenvalue weighted by atomic mass is 15.2. The van der Waals surface area contributed by atoms with Crippen LogP contribution in [0.25, 0.3) is 67.5 Å². The predicted molar refractivity (Wildman–Crippen MR) is 244 cm³/mol. The molecular weight excluding hydrogens is 733 g/mol. The zero-order valence-corrected chi connectivity index (χ0v) is 32.6. The smallest absolute Gasteiger partial charge is 0.164 e. The van der Waals surface area contributed by atoms with Crippen molar-refractivity contribution in [1.29, 1.82) is 0 Å². The number of aliphatic imine (C=N–C) groups is 2. The summed E-state index contributed by atoms with van der Waals surface area (Å²) in [5.41, 5.74) is 12.0. The first-order valence-electron chi connectivity index (χ1n) is 20.0. The number of hydrogen-bond acceptors (Lipinski definition) is 6. The molecule has 0 spiro atoms. The molecule has 1 unspecified atom stereocenters. The third-order valence-corrected chi connectivity index (χ3v) is 10.6. The second kappa shape index (κ2) is 16.4. The van der Waals surface area contributed by atoms with E-state index in [0.717, 1.165) is 72.6 Å². The Hall–Kier alpha value is -8.09. The molecule has 1 aliphatic rings. The summed E-state index contributed by atoms with van der Waals surface area (Å²) in [6.45, 7) is 0. The van der Waals surface area contributed by atoms with Gasteiger partial charge in [-0.1, -0.05) is 194 Å². The molecule has 1 N–H and O–H groups in total. The van der Waals surface area contributed by atoms with Crippen molar-refractivity contribution in [3.8, 4) is 67.5 Å². The van der Waals surface area contributed by atoms with Gasteiger partial charge in [0.1, 0.15) is 12.0 Å². The summed E-state index contributed by atoms with van der Waals surface area (Å²) in [6, 6.07) is 74.8. The first-order valence-corrected chi connectivity index (χ1v) is 20.0. The molecule has 60 heavy (non-hydrogen) atoms. The minimum absolute atomic E-state index is 0.297. The quantitative estimate of drug-likeness (QED) is 0.159. The molecule has 1 aliphatic heterocycles. The number of nitrogens with zero attached hydrogens (tertiary/aromatic N) is 5. The Morgan fingerprint density at radius 1 is 0.317 bits per heavy atom. The van der Waals surface area contributed by atoms with Crippen LogP contribution in [0.4, 0.5) is 0 Å². The van der Waals surface area contributed by atoms with Gasteiger partial charge in [0.15, 0.2) is 23.3 Å². The van der Waals surface area contributed by atoms with Crippen LogP contribution >= 0.6 is 0 Å². The van der Waals surface area contributed by atoms with Crippen LogP contribution in [0.5, 0.6) is 0 Å². The highest BCUT2D eigenvalue weighted by Crippen LogP contribution is 2.36. The molecule has 0 aliphatic carbocycles. The van der Waals surface area contributed by atoms with E-state index < -0.39 is 0 Å². The average molecular weight is 771 g/mol. The molecule has 2 heterocycles. The van der Waals surface area contributed by atoms with E-state index in [1.165, 1.54) is 0 Å². The maximum atomic E-state index is 5.25. The minimum atomic E-state index is -0.297. The zero-order chi connectivity index (χ0) is 40.1. The van der Waals surface area contributed by atoms with Crippen molar-refractivity contribution in [1.82, 2.24) is 20.3 Å². The molecule has 1 aromatic heterocycles. The fourth-order valence-electron chi connectivity index (χ4n) is 7.58. The summed E-state index contributed by atoms with van der Waals surface area (Å²) >= 11 is 0. The summed E-state index contributed by atoms with van der Waals surface area (Å²) in [5.74, 6) is 3.24. The summed E-state index contributed by atoms with van der Waals surface area (Å²) < 4.78 is 0. The topological polar surface area (TPSA) is 75.4 Å². The van der Waals surface area contributed by atoms with Crippen LogP contribution in [0, 0.1) is 0 Å². The van der Waals surface area contributed by atoms with E-state index in [4.69, 9.17) is 24.9 Å². The molecule has 10 rings (SSSR count). The van der Waals surface area contributed by atoms with Crippen molar-refractivity contribution in [3.63, 3.8) is 0 Å². The van der Waals surface area contributed by atoms with Crippen molar-refractivity contribution in [2.75, 3.05) is 0 Å². The average Bonchev–Trinajstić information content (AvgIpc) is 3.35. The van der Waals surface area contributed by atoms with Gasteiger partial charge in [-0.05, 0) is 63.2 Å². The third kappa shape index (κ3) is 7.65. The molecule has 0 amide bonds. The lowest BCUT2D eigenvalue weighted by atomic mass is 9.94. The molecule has 8 aromatic carbocycles. The summed E-state index contributed by atoms with van der Waals surface area (Å²) in [7, 11) is 0. The van der Waals surface area contributed by atoms with Gasteiger partial charge < -0.3 is 5.32 Å². The monoisotopic (exact) mass is 770 g/mol. The van der Waals surface area contributed by atoms with E-state index in [9.17, 15) is 0 Å². The van der Waals surface area contributed by atoms with Gasteiger partial charge in [0.25, 0.3) is 0 Å². The second-order valence-corrected chi connectivity index (χ2v) is 14.6. The molecule has 1 atom stereocenters. The minimum Gasteiger partial charge on any atom is -0.344 e. The number of rotatable bonds is 9. The molecule has 0 radical (unpaired) electrons. The van der Waals surface area contributed by atoms with Crippen molar-refractivity contribution in [3.05, 3.63) is 235 Å². The van der Waals surface area contributed by atoms with Gasteiger partial charge in [0, 0.05) is 27.8 Å². The van der Waals surface area contributed by atoms with E-state index in [1.807, 2.05) is 84.9 Å². The van der Waals surface area contributed by atoms with Crippen LogP contribution < -0.4 is 5.32 Å². The van der Waals surface area contributed by atoms with Crippen molar-refractivity contribution >= 4 is 11.7 Å². The highest BCUT2D eigenvalue weighted by Gasteiger charge is 2.22. The molecule has 0 fully saturated rings. The molecule has 0 bridgehead atoms. The van der Waals surface area contributed by atoms with Gasteiger partial charge in [-0.2, -0.15) is 0 Å². The van der Waals surface area contributed by atoms with Crippen molar-refractivity contribution in [2.24, 2.45) is 9.98 Å². The lowest BCUT2D eigenvalue weighted by molar-refractivity contribution is 0.674. The zero-order valence-electron chi connectivity index (χ0n) is 32.6. The van der Waals surface area contributed by atoms with Crippen LogP contribution in [0.15, 0.2) is 228 Å². The number of aromatic nitrogens is 3. The normalized spacial score (nSPS) is 13.5. The fraction of sp³-hybridized carbons (Fsp3) is 0.0185. The number of benzene rings is 8. The Morgan fingerprint density at radius 3 is 1.43 bits per heavy atom. The van der Waals surface area contributed by atoms with Crippen molar-refractivity contribution < 1.29 is 0 Å². The van der Waals surface area contributed by atoms with Crippen LogP contribution in [0.3, 0.4) is 0 Å². The van der Waals surface area contributed by atoms with Crippen LogP contribution in [-0.4, -0.2) is 26.6 Å². The Bertz CT molecular complexity index is 2990. The first-order chi connectivity index (χ1) is 29.7. The molecule has 284 valence electrons. The SMILES string of the molecule is c1ccc(C2=NC(c3cccc(-c4cc(-c5ccccc5)cc(-c5nc(-c6ccccc6)nc(-c6ccccc6-c6ccccc6)n5)c4)c3)=NC(c3ccccc3)N2)cc1. The van der Waals surface area contributed by atoms with E-state index in [0.29, 0.717) is 23.3 Å². The van der Waals surface area contributed by atoms with Crippen molar-refractivity contribution in [2.45, 2.75) is 6.17 Å². The molecule has 6 nitrogen and oxygen atoms in total. The molecule has 0 saturated heterocycles. The Morgan fingerprint density at radius 2 is 0.767 bits per heavy atom. The molecule has 0 saturated carbocycles. The van der Waals surface area contributed by atoms with Gasteiger partial charge in [-0.15, -0.1) is 0 Å². The lowest BCUT2D eigenvalue weighted by Crippen LogP contribution is -2.33. The summed E-state index contributed by atoms with van der Waals surface area (Å²) in [6.07, 6.45) is -0.297. The van der Waals surface area contributed by atoms with Gasteiger partial charge in [-0.25, -0.2) is 24.9 Å². The van der Waals surface area contributed by atoms with Crippen LogP contribution in [-0.2, 0) is 0 Å². The predicted octanol–water partition coefficient (Wildman–Crippen LogP) is 12.4. The molecule has 6 heteroatoms. The fourth-order valence-corrected chi connectivity index (χ4v) is 7.58. The van der Waals surface area contributed by atoms with Crippen LogP contribution in [0.1, 0.15) is 22.9 Å². The van der Waals surface area contributed by atoms with Gasteiger partial charge in [0.2, 0.25) is 0 Å². The van der Waals surface area contributed by atoms with Gasteiger partial charge in [-0.3, -0.25) is 0 Å². The Labute approximate surface area is 349 Å². The highest BCUT2D eigenvalue weighted by molar-refractivity contribution is 6.13. The number of hydrogen-bond donors (Lipinski definition) is 1. The van der Waals surface area contributed by atoms with E-state index in [1.54, 1.807) is 0 Å². The van der Waals surface area contributed by atoms with Crippen LogP contribution in [0.2, 0.25) is 0 Å². The third-order valence-electron chi connectivity index (χ3n) is 10.6. The standard InChI is InChI=1S/C54H38N6/c1-6-19-37(20-7-1)44-34-45(42-29-18-30-43(33-42)52-56-49(39-23-10-3-11-24-39)55-50(57-52)40-25-12-4-13-26-40)36-46(35-44)53-58-51(41-27-14-5-15-28-41)59-54(60-53)48-32-17-16-31-47(48)38-21-8-2-9-22-38/h1-36,49H,(H,55,56,57). The Kier molecular flexibility index (Phi) is 9.92.